The summed E-state index contributed by atoms with van der Waals surface area (Å²) in [6, 6.07) is 0. The summed E-state index contributed by atoms with van der Waals surface area (Å²) in [5.74, 6) is -13.3. The fourth-order valence-electron chi connectivity index (χ4n) is 3.85. The lowest BCUT2D eigenvalue weighted by Crippen LogP contribution is -2.70. The van der Waals surface area contributed by atoms with Crippen LogP contribution in [-0.2, 0) is 14.2 Å². The van der Waals surface area contributed by atoms with Crippen LogP contribution in [0.5, 0.6) is 0 Å². The van der Waals surface area contributed by atoms with Crippen LogP contribution >= 0.6 is 0 Å². The maximum Gasteiger partial charge on any atom is 0.423 e. The summed E-state index contributed by atoms with van der Waals surface area (Å²) >= 11 is 0. The van der Waals surface area contributed by atoms with Crippen LogP contribution in [0.3, 0.4) is 0 Å². The predicted octanol–water partition coefficient (Wildman–Crippen LogP) is 6.02. The first kappa shape index (κ1) is 27.4. The average molecular weight is 458 g/mol. The normalized spacial score (nSPS) is 30.3. The SMILES string of the molecule is COCCOCOC1(C(F)(F)F)CC(CC(C)C)C(F)(C(F)(F)C(C)(C)C)C1(F)F. The van der Waals surface area contributed by atoms with Crippen molar-refractivity contribution in [2.24, 2.45) is 17.3 Å². The molecule has 3 atom stereocenters. The van der Waals surface area contributed by atoms with Crippen LogP contribution in [0.1, 0.15) is 47.5 Å². The monoisotopic (exact) mass is 458 g/mol. The first-order valence-electron chi connectivity index (χ1n) is 9.55. The quantitative estimate of drug-likeness (QED) is 0.240. The minimum Gasteiger partial charge on any atom is -0.382 e. The lowest BCUT2D eigenvalue weighted by Gasteiger charge is -2.47. The highest BCUT2D eigenvalue weighted by Gasteiger charge is 2.91. The van der Waals surface area contributed by atoms with Gasteiger partial charge in [0.2, 0.25) is 11.3 Å². The Morgan fingerprint density at radius 2 is 1.50 bits per heavy atom. The molecular formula is C19H30F8O3. The van der Waals surface area contributed by atoms with E-state index < -0.39 is 66.2 Å². The van der Waals surface area contributed by atoms with Gasteiger partial charge in [0.05, 0.1) is 13.2 Å². The topological polar surface area (TPSA) is 27.7 Å². The van der Waals surface area contributed by atoms with Gasteiger partial charge in [-0.1, -0.05) is 34.6 Å². The van der Waals surface area contributed by atoms with Crippen molar-refractivity contribution in [1.82, 2.24) is 0 Å². The van der Waals surface area contributed by atoms with E-state index in [0.29, 0.717) is 0 Å². The molecule has 0 heterocycles. The van der Waals surface area contributed by atoms with Crippen molar-refractivity contribution in [2.45, 2.75) is 76.8 Å². The molecule has 0 spiro atoms. The van der Waals surface area contributed by atoms with Gasteiger partial charge in [-0.05, 0) is 18.8 Å². The number of alkyl halides is 8. The second kappa shape index (κ2) is 8.69. The van der Waals surface area contributed by atoms with E-state index in [1.54, 1.807) is 0 Å². The Labute approximate surface area is 171 Å². The number of rotatable bonds is 9. The van der Waals surface area contributed by atoms with E-state index in [4.69, 9.17) is 4.74 Å². The number of hydrogen-bond acceptors (Lipinski definition) is 3. The Kier molecular flexibility index (Phi) is 7.92. The number of methoxy groups -OCH3 is 1. The molecule has 0 aromatic rings. The Morgan fingerprint density at radius 1 is 0.967 bits per heavy atom. The molecule has 3 unspecified atom stereocenters. The highest BCUT2D eigenvalue weighted by atomic mass is 19.4. The highest BCUT2D eigenvalue weighted by molar-refractivity contribution is 5.26. The van der Waals surface area contributed by atoms with Crippen LogP contribution < -0.4 is 0 Å². The van der Waals surface area contributed by atoms with E-state index >= 15 is 22.0 Å². The summed E-state index contributed by atoms with van der Waals surface area (Å²) in [7, 11) is 1.27. The lowest BCUT2D eigenvalue weighted by molar-refractivity contribution is -0.384. The summed E-state index contributed by atoms with van der Waals surface area (Å²) in [5.41, 5.74) is -11.6. The Bertz CT molecular complexity index is 573. The summed E-state index contributed by atoms with van der Waals surface area (Å²) < 4.78 is 132. The van der Waals surface area contributed by atoms with Gasteiger partial charge in [0.15, 0.2) is 0 Å². The van der Waals surface area contributed by atoms with Crippen LogP contribution in [0.25, 0.3) is 0 Å². The molecule has 1 saturated carbocycles. The molecule has 3 nitrogen and oxygen atoms in total. The van der Waals surface area contributed by atoms with Crippen molar-refractivity contribution in [3.8, 4) is 0 Å². The summed E-state index contributed by atoms with van der Waals surface area (Å²) in [4.78, 5) is 0. The van der Waals surface area contributed by atoms with Crippen molar-refractivity contribution in [3.63, 3.8) is 0 Å². The third kappa shape index (κ3) is 4.18. The maximum atomic E-state index is 15.9. The molecule has 0 amide bonds. The zero-order valence-corrected chi connectivity index (χ0v) is 17.9. The summed E-state index contributed by atoms with van der Waals surface area (Å²) in [5, 5.41) is 0. The van der Waals surface area contributed by atoms with E-state index in [1.165, 1.54) is 21.0 Å². The number of halogens is 8. The van der Waals surface area contributed by atoms with E-state index in [0.717, 1.165) is 20.8 Å². The van der Waals surface area contributed by atoms with Crippen LogP contribution in [0.4, 0.5) is 35.1 Å². The molecule has 0 saturated heterocycles. The smallest absolute Gasteiger partial charge is 0.382 e. The van der Waals surface area contributed by atoms with Gasteiger partial charge in [-0.2, -0.15) is 22.0 Å². The van der Waals surface area contributed by atoms with E-state index in [2.05, 4.69) is 9.47 Å². The minimum atomic E-state index is -5.84. The van der Waals surface area contributed by atoms with Gasteiger partial charge >= 0.3 is 12.1 Å². The zero-order chi connectivity index (χ0) is 23.8. The molecule has 1 rings (SSSR count). The fraction of sp³-hybridized carbons (Fsp3) is 1.00. The number of ether oxygens (including phenoxy) is 3. The van der Waals surface area contributed by atoms with E-state index in [1.807, 2.05) is 0 Å². The first-order chi connectivity index (χ1) is 13.3. The molecule has 1 aliphatic carbocycles. The minimum absolute atomic E-state index is 0.0656. The summed E-state index contributed by atoms with van der Waals surface area (Å²) in [6.07, 6.45) is -8.10. The van der Waals surface area contributed by atoms with Gasteiger partial charge < -0.3 is 14.2 Å². The molecule has 0 N–H and O–H groups in total. The van der Waals surface area contributed by atoms with E-state index in [-0.39, 0.29) is 13.2 Å². The van der Waals surface area contributed by atoms with Gasteiger partial charge in [0.25, 0.3) is 5.92 Å². The van der Waals surface area contributed by atoms with Gasteiger partial charge in [-0.15, -0.1) is 0 Å². The highest BCUT2D eigenvalue weighted by Crippen LogP contribution is 2.69. The first-order valence-corrected chi connectivity index (χ1v) is 9.55. The van der Waals surface area contributed by atoms with Crippen LogP contribution in [0.2, 0.25) is 0 Å². The molecular weight excluding hydrogens is 428 g/mol. The van der Waals surface area contributed by atoms with E-state index in [9.17, 15) is 13.2 Å². The molecule has 0 aromatic heterocycles. The number of hydrogen-bond donors (Lipinski definition) is 0. The van der Waals surface area contributed by atoms with Crippen molar-refractivity contribution >= 4 is 0 Å². The van der Waals surface area contributed by atoms with Crippen molar-refractivity contribution < 1.29 is 49.3 Å². The Balaban J connectivity index is 3.58. The average Bonchev–Trinajstić information content (AvgIpc) is 2.72. The van der Waals surface area contributed by atoms with Crippen LogP contribution in [-0.4, -0.2) is 56.4 Å². The molecule has 11 heteroatoms. The second-order valence-corrected chi connectivity index (χ2v) is 9.13. The van der Waals surface area contributed by atoms with Gasteiger partial charge in [-0.25, -0.2) is 13.2 Å². The largest absolute Gasteiger partial charge is 0.423 e. The Hall–Kier alpha value is -0.680. The second-order valence-electron chi connectivity index (χ2n) is 9.13. The van der Waals surface area contributed by atoms with Crippen LogP contribution in [0, 0.1) is 17.3 Å². The van der Waals surface area contributed by atoms with Crippen LogP contribution in [0.15, 0.2) is 0 Å². The predicted molar refractivity (Wildman–Crippen MR) is 93.3 cm³/mol. The zero-order valence-electron chi connectivity index (χ0n) is 17.9. The maximum absolute atomic E-state index is 15.9. The molecule has 0 aliphatic heterocycles. The fourth-order valence-corrected chi connectivity index (χ4v) is 3.85. The molecule has 0 aromatic carbocycles. The molecule has 0 bridgehead atoms. The third-order valence-corrected chi connectivity index (χ3v) is 5.49. The standard InChI is InChI=1S/C19H30F8O3/c1-12(2)9-13-10-15(19(25,26)27,30-11-29-8-7-28-6)18(23,24)16(13,20)17(21,22)14(3,4)5/h12-13H,7-11H2,1-6H3. The van der Waals surface area contributed by atoms with Gasteiger partial charge in [0.1, 0.15) is 6.79 Å². The summed E-state index contributed by atoms with van der Waals surface area (Å²) in [6.45, 7) is 3.63. The third-order valence-electron chi connectivity index (χ3n) is 5.49. The molecule has 0 radical (unpaired) electrons. The lowest BCUT2D eigenvalue weighted by atomic mass is 9.70. The van der Waals surface area contributed by atoms with Gasteiger partial charge in [-0.3, -0.25) is 0 Å². The van der Waals surface area contributed by atoms with Crippen molar-refractivity contribution in [3.05, 3.63) is 0 Å². The molecule has 180 valence electrons. The molecule has 1 aliphatic rings. The van der Waals surface area contributed by atoms with Gasteiger partial charge in [0, 0.05) is 18.4 Å². The molecule has 30 heavy (non-hydrogen) atoms. The van der Waals surface area contributed by atoms with Crippen molar-refractivity contribution in [1.29, 1.82) is 0 Å². The molecule has 1 fully saturated rings. The van der Waals surface area contributed by atoms with Crippen molar-refractivity contribution in [2.75, 3.05) is 27.1 Å². The Morgan fingerprint density at radius 3 is 1.90 bits per heavy atom.